The Morgan fingerprint density at radius 2 is 1.21 bits per heavy atom. The number of nitrogens with one attached hydrogen (secondary N) is 2. The molecular weight excluding hydrogens is 451 g/mol. The molecule has 2 atom stereocenters. The molecule has 2 amide bonds. The second-order valence-electron chi connectivity index (χ2n) is 7.31. The van der Waals surface area contributed by atoms with Gasteiger partial charge in [-0.2, -0.15) is 0 Å². The molecule has 0 heterocycles. The topological polar surface area (TPSA) is 95.5 Å². The first-order valence-electron chi connectivity index (χ1n) is 10.1. The number of hydrogen-bond donors (Lipinski definition) is 3. The van der Waals surface area contributed by atoms with Gasteiger partial charge in [-0.15, -0.1) is 0 Å². The van der Waals surface area contributed by atoms with Crippen molar-refractivity contribution in [2.75, 3.05) is 0 Å². The van der Waals surface area contributed by atoms with Crippen LogP contribution in [0.1, 0.15) is 21.5 Å². The van der Waals surface area contributed by atoms with Gasteiger partial charge < -0.3 is 15.7 Å². The third-order valence-electron chi connectivity index (χ3n) is 4.91. The van der Waals surface area contributed by atoms with Gasteiger partial charge in [-0.1, -0.05) is 72.3 Å². The van der Waals surface area contributed by atoms with Gasteiger partial charge in [0.25, 0.3) is 5.91 Å². The monoisotopic (exact) mass is 474 g/mol. The standard InChI is InChI=1S/C25H23ClN2O4.Na.H/c26-20-13-11-19(12-14-20)23(29)27-21(15-17-7-3-1-4-8-17)24(30)28-22(25(31)32)16-18-9-5-2-6-10-18;;/h1-14,21-22H,15-16H2,(H,27,29)(H,28,30)(H,31,32);;/t21-,22-;;/m0../s1. The Balaban J connectivity index is 0.00000385. The zero-order valence-electron chi connectivity index (χ0n) is 17.2. The van der Waals surface area contributed by atoms with Gasteiger partial charge in [0.05, 0.1) is 0 Å². The summed E-state index contributed by atoms with van der Waals surface area (Å²) < 4.78 is 0. The zero-order valence-corrected chi connectivity index (χ0v) is 18.0. The van der Waals surface area contributed by atoms with Gasteiger partial charge in [-0.3, -0.25) is 9.59 Å². The fourth-order valence-electron chi connectivity index (χ4n) is 3.22. The number of carboxylic acid groups (broad SMARTS) is 1. The van der Waals surface area contributed by atoms with E-state index in [1.54, 1.807) is 48.5 Å². The first-order chi connectivity index (χ1) is 15.4. The average molecular weight is 475 g/mol. The van der Waals surface area contributed by atoms with Crippen LogP contribution in [-0.4, -0.2) is 64.5 Å². The summed E-state index contributed by atoms with van der Waals surface area (Å²) in [7, 11) is 0. The predicted octanol–water partition coefficient (Wildman–Crippen LogP) is 2.84. The molecule has 0 aromatic heterocycles. The van der Waals surface area contributed by atoms with Gasteiger partial charge in [0.1, 0.15) is 12.1 Å². The molecule has 33 heavy (non-hydrogen) atoms. The molecule has 8 heteroatoms. The summed E-state index contributed by atoms with van der Waals surface area (Å²) in [6.45, 7) is 0. The maximum atomic E-state index is 13.1. The molecule has 0 unspecified atom stereocenters. The third kappa shape index (κ3) is 8.33. The molecule has 3 aromatic rings. The molecule has 0 aliphatic rings. The number of hydrogen-bond acceptors (Lipinski definition) is 3. The van der Waals surface area contributed by atoms with Gasteiger partial charge in [-0.25, -0.2) is 4.79 Å². The Hall–Kier alpha value is -2.64. The first-order valence-corrected chi connectivity index (χ1v) is 10.5. The second kappa shape index (κ2) is 13.2. The fourth-order valence-corrected chi connectivity index (χ4v) is 3.35. The number of halogens is 1. The van der Waals surface area contributed by atoms with Crippen LogP contribution in [0.3, 0.4) is 0 Å². The van der Waals surface area contributed by atoms with Crippen molar-refractivity contribution in [1.82, 2.24) is 10.6 Å². The molecule has 0 aliphatic carbocycles. The summed E-state index contributed by atoms with van der Waals surface area (Å²) in [6.07, 6.45) is 0.342. The summed E-state index contributed by atoms with van der Waals surface area (Å²) in [5, 5.41) is 15.4. The van der Waals surface area contributed by atoms with E-state index in [4.69, 9.17) is 11.6 Å². The van der Waals surface area contributed by atoms with Gasteiger partial charge in [0.15, 0.2) is 0 Å². The molecule has 6 nitrogen and oxygen atoms in total. The van der Waals surface area contributed by atoms with Crippen molar-refractivity contribution >= 4 is 58.9 Å². The van der Waals surface area contributed by atoms with Gasteiger partial charge in [0.2, 0.25) is 5.91 Å². The van der Waals surface area contributed by atoms with Crippen LogP contribution in [0.25, 0.3) is 0 Å². The third-order valence-corrected chi connectivity index (χ3v) is 5.16. The minimum atomic E-state index is -1.15. The van der Waals surface area contributed by atoms with Gasteiger partial charge in [0, 0.05) is 23.4 Å². The van der Waals surface area contributed by atoms with Crippen LogP contribution in [-0.2, 0) is 22.4 Å². The summed E-state index contributed by atoms with van der Waals surface area (Å²) in [6, 6.07) is 22.4. The predicted molar refractivity (Wildman–Crippen MR) is 130 cm³/mol. The van der Waals surface area contributed by atoms with Crippen LogP contribution in [0.5, 0.6) is 0 Å². The fraction of sp³-hybridized carbons (Fsp3) is 0.160. The number of aliphatic carboxylic acids is 1. The molecule has 3 N–H and O–H groups in total. The van der Waals surface area contributed by atoms with Crippen LogP contribution in [0, 0.1) is 0 Å². The van der Waals surface area contributed by atoms with Gasteiger partial charge >= 0.3 is 35.5 Å². The molecule has 0 radical (unpaired) electrons. The quantitative estimate of drug-likeness (QED) is 0.416. The average Bonchev–Trinajstić information content (AvgIpc) is 2.80. The summed E-state index contributed by atoms with van der Waals surface area (Å²) >= 11 is 5.88. The van der Waals surface area contributed by atoms with Crippen molar-refractivity contribution in [3.63, 3.8) is 0 Å². The number of carboxylic acids is 1. The molecule has 0 spiro atoms. The Bertz CT molecular complexity index is 1060. The molecule has 166 valence electrons. The Labute approximate surface area is 219 Å². The van der Waals surface area contributed by atoms with Gasteiger partial charge in [-0.05, 0) is 35.4 Å². The minimum absolute atomic E-state index is 0. The van der Waals surface area contributed by atoms with Crippen molar-refractivity contribution in [3.8, 4) is 0 Å². The van der Waals surface area contributed by atoms with Crippen LogP contribution >= 0.6 is 11.6 Å². The van der Waals surface area contributed by atoms with E-state index in [2.05, 4.69) is 10.6 Å². The van der Waals surface area contributed by atoms with Crippen LogP contribution in [0.4, 0.5) is 0 Å². The number of rotatable bonds is 9. The Kier molecular flexibility index (Phi) is 10.6. The van der Waals surface area contributed by atoms with E-state index in [0.29, 0.717) is 10.6 Å². The molecule has 3 aromatic carbocycles. The van der Waals surface area contributed by atoms with E-state index in [1.165, 1.54) is 0 Å². The van der Waals surface area contributed by atoms with E-state index < -0.39 is 29.9 Å². The van der Waals surface area contributed by atoms with Crippen molar-refractivity contribution in [3.05, 3.63) is 107 Å². The van der Waals surface area contributed by atoms with Crippen molar-refractivity contribution in [1.29, 1.82) is 0 Å². The molecule has 0 saturated heterocycles. The molecule has 0 fully saturated rings. The van der Waals surface area contributed by atoms with Crippen LogP contribution in [0.15, 0.2) is 84.9 Å². The molecule has 0 aliphatic heterocycles. The molecule has 0 saturated carbocycles. The maximum absolute atomic E-state index is 13.1. The number of carbonyl (C=O) groups is 3. The Morgan fingerprint density at radius 3 is 1.70 bits per heavy atom. The number of benzene rings is 3. The first kappa shape index (κ1) is 26.6. The van der Waals surface area contributed by atoms with Crippen molar-refractivity contribution < 1.29 is 19.5 Å². The van der Waals surface area contributed by atoms with E-state index in [1.807, 2.05) is 36.4 Å². The second-order valence-corrected chi connectivity index (χ2v) is 7.75. The normalized spacial score (nSPS) is 12.0. The summed E-state index contributed by atoms with van der Waals surface area (Å²) in [5.41, 5.74) is 1.96. The van der Waals surface area contributed by atoms with Crippen LogP contribution < -0.4 is 10.6 Å². The number of amides is 2. The Morgan fingerprint density at radius 1 is 0.727 bits per heavy atom. The van der Waals surface area contributed by atoms with E-state index in [9.17, 15) is 19.5 Å². The molecular formula is C25H24ClN2NaO4. The van der Waals surface area contributed by atoms with E-state index >= 15 is 0 Å². The van der Waals surface area contributed by atoms with E-state index in [-0.39, 0.29) is 42.4 Å². The zero-order chi connectivity index (χ0) is 22.9. The number of carbonyl (C=O) groups excluding carboxylic acids is 2. The molecule has 3 rings (SSSR count). The van der Waals surface area contributed by atoms with Crippen LogP contribution in [0.2, 0.25) is 5.02 Å². The SMILES string of the molecule is O=C(N[C@@H](Cc1ccccc1)C(=O)N[C@@H](Cc1ccccc1)C(=O)O)c1ccc(Cl)cc1.[NaH]. The van der Waals surface area contributed by atoms with E-state index in [0.717, 1.165) is 11.1 Å². The summed E-state index contributed by atoms with van der Waals surface area (Å²) in [5.74, 6) is -2.17. The molecule has 0 bridgehead atoms. The van der Waals surface area contributed by atoms with Crippen molar-refractivity contribution in [2.45, 2.75) is 24.9 Å². The van der Waals surface area contributed by atoms with Crippen molar-refractivity contribution in [2.24, 2.45) is 0 Å². The summed E-state index contributed by atoms with van der Waals surface area (Å²) in [4.78, 5) is 37.6.